The van der Waals surface area contributed by atoms with Crippen molar-refractivity contribution in [3.63, 3.8) is 0 Å². The smallest absolute Gasteiger partial charge is 0.265 e. The molecule has 4 aromatic rings. The van der Waals surface area contributed by atoms with Gasteiger partial charge >= 0.3 is 0 Å². The topological polar surface area (TPSA) is 82.8 Å². The minimum Gasteiger partial charge on any atom is -0.493 e. The lowest BCUT2D eigenvalue weighted by Gasteiger charge is -2.15. The number of amides is 1. The number of hydrogen-bond donors (Lipinski definition) is 1. The van der Waals surface area contributed by atoms with Crippen LogP contribution in [0.1, 0.15) is 6.92 Å². The Labute approximate surface area is 200 Å². The van der Waals surface area contributed by atoms with Gasteiger partial charge in [0.05, 0.1) is 19.2 Å². The Kier molecular flexibility index (Phi) is 6.62. The van der Waals surface area contributed by atoms with Crippen LogP contribution in [0.3, 0.4) is 0 Å². The van der Waals surface area contributed by atoms with E-state index in [2.05, 4.69) is 10.3 Å². The number of carbonyl (C=O) groups is 1. The van der Waals surface area contributed by atoms with Gasteiger partial charge in [-0.25, -0.2) is 4.98 Å². The van der Waals surface area contributed by atoms with E-state index in [4.69, 9.17) is 41.8 Å². The summed E-state index contributed by atoms with van der Waals surface area (Å²) in [5, 5.41) is 3.63. The minimum absolute atomic E-state index is 0.328. The zero-order chi connectivity index (χ0) is 23.5. The Morgan fingerprint density at radius 2 is 1.73 bits per heavy atom. The van der Waals surface area contributed by atoms with Crippen molar-refractivity contribution in [3.8, 4) is 28.7 Å². The number of rotatable bonds is 7. The highest BCUT2D eigenvalue weighted by Gasteiger charge is 2.18. The van der Waals surface area contributed by atoms with Gasteiger partial charge in [-0.15, -0.1) is 0 Å². The molecule has 170 valence electrons. The summed E-state index contributed by atoms with van der Waals surface area (Å²) in [5.41, 5.74) is 2.45. The highest BCUT2D eigenvalue weighted by molar-refractivity contribution is 6.35. The van der Waals surface area contributed by atoms with Gasteiger partial charge < -0.3 is 23.9 Å². The van der Waals surface area contributed by atoms with Crippen molar-refractivity contribution in [2.24, 2.45) is 0 Å². The fraction of sp³-hybridized carbons (Fsp3) is 0.167. The van der Waals surface area contributed by atoms with Crippen molar-refractivity contribution in [2.45, 2.75) is 13.0 Å². The first kappa shape index (κ1) is 22.8. The number of halogens is 2. The molecular weight excluding hydrogens is 467 g/mol. The van der Waals surface area contributed by atoms with Crippen LogP contribution in [0.4, 0.5) is 5.69 Å². The highest BCUT2D eigenvalue weighted by atomic mass is 35.5. The molecule has 7 nitrogen and oxygen atoms in total. The average molecular weight is 487 g/mol. The van der Waals surface area contributed by atoms with Crippen LogP contribution in [-0.2, 0) is 4.79 Å². The van der Waals surface area contributed by atoms with Crippen LogP contribution in [0.25, 0.3) is 22.6 Å². The van der Waals surface area contributed by atoms with E-state index in [0.717, 1.165) is 5.56 Å². The number of nitrogens with one attached hydrogen (secondary N) is 1. The molecule has 1 aromatic heterocycles. The number of anilines is 1. The second kappa shape index (κ2) is 9.60. The van der Waals surface area contributed by atoms with Crippen molar-refractivity contribution < 1.29 is 23.4 Å². The van der Waals surface area contributed by atoms with E-state index in [0.29, 0.717) is 50.0 Å². The fourth-order valence-electron chi connectivity index (χ4n) is 3.16. The maximum atomic E-state index is 12.6. The SMILES string of the molecule is COc1ccc(-c2nc3cc(NC(=O)[C@@H](C)Oc4ccc(Cl)cc4Cl)ccc3o2)cc1OC. The Morgan fingerprint density at radius 3 is 2.45 bits per heavy atom. The Morgan fingerprint density at radius 1 is 0.970 bits per heavy atom. The normalized spacial score (nSPS) is 11.8. The second-order valence-corrected chi connectivity index (χ2v) is 7.94. The third-order valence-electron chi connectivity index (χ3n) is 4.85. The number of carbonyl (C=O) groups excluding carboxylic acids is 1. The second-order valence-electron chi connectivity index (χ2n) is 7.10. The van der Waals surface area contributed by atoms with Gasteiger partial charge in [0.2, 0.25) is 5.89 Å². The third kappa shape index (κ3) is 4.99. The van der Waals surface area contributed by atoms with Gasteiger partial charge in [-0.05, 0) is 61.5 Å². The predicted molar refractivity (Wildman–Crippen MR) is 128 cm³/mol. The van der Waals surface area contributed by atoms with Crippen molar-refractivity contribution >= 4 is 45.9 Å². The maximum Gasteiger partial charge on any atom is 0.265 e. The molecule has 1 atom stereocenters. The van der Waals surface area contributed by atoms with Crippen LogP contribution in [0.2, 0.25) is 10.0 Å². The van der Waals surface area contributed by atoms with E-state index in [-0.39, 0.29) is 5.91 Å². The first-order chi connectivity index (χ1) is 15.9. The van der Waals surface area contributed by atoms with Gasteiger partial charge in [-0.3, -0.25) is 4.79 Å². The first-order valence-electron chi connectivity index (χ1n) is 9.93. The standard InChI is InChI=1S/C24H20Cl2N2O5/c1-13(32-19-8-5-15(25)11-17(19)26)23(29)27-16-6-9-20-18(12-16)28-24(33-20)14-4-7-21(30-2)22(10-14)31-3/h4-13H,1-3H3,(H,27,29)/t13-/m1/s1. The van der Waals surface area contributed by atoms with E-state index in [1.165, 1.54) is 0 Å². The van der Waals surface area contributed by atoms with Gasteiger partial charge in [-0.1, -0.05) is 23.2 Å². The average Bonchev–Trinajstić information content (AvgIpc) is 3.23. The number of aromatic nitrogens is 1. The number of methoxy groups -OCH3 is 2. The lowest BCUT2D eigenvalue weighted by molar-refractivity contribution is -0.122. The summed E-state index contributed by atoms with van der Waals surface area (Å²) in [7, 11) is 3.14. The molecule has 0 aliphatic heterocycles. The molecule has 1 amide bonds. The Hall–Kier alpha value is -3.42. The van der Waals surface area contributed by atoms with Gasteiger partial charge in [0, 0.05) is 16.3 Å². The van der Waals surface area contributed by atoms with Crippen molar-refractivity contribution in [1.82, 2.24) is 4.98 Å². The zero-order valence-electron chi connectivity index (χ0n) is 18.0. The fourth-order valence-corrected chi connectivity index (χ4v) is 3.61. The van der Waals surface area contributed by atoms with Crippen molar-refractivity contribution in [2.75, 3.05) is 19.5 Å². The molecule has 0 unspecified atom stereocenters. The van der Waals surface area contributed by atoms with Gasteiger partial charge in [-0.2, -0.15) is 0 Å². The summed E-state index contributed by atoms with van der Waals surface area (Å²) in [6.45, 7) is 1.63. The van der Waals surface area contributed by atoms with Crippen molar-refractivity contribution in [1.29, 1.82) is 0 Å². The predicted octanol–water partition coefficient (Wildman–Crippen LogP) is 6.22. The maximum absolute atomic E-state index is 12.6. The minimum atomic E-state index is -0.793. The molecule has 9 heteroatoms. The van der Waals surface area contributed by atoms with Crippen LogP contribution in [0, 0.1) is 0 Å². The van der Waals surface area contributed by atoms with Gasteiger partial charge in [0.25, 0.3) is 5.91 Å². The molecule has 0 fully saturated rings. The molecular formula is C24H20Cl2N2O5. The van der Waals surface area contributed by atoms with E-state index >= 15 is 0 Å². The number of oxazole rings is 1. The first-order valence-corrected chi connectivity index (χ1v) is 10.7. The molecule has 0 radical (unpaired) electrons. The molecule has 0 spiro atoms. The summed E-state index contributed by atoms with van der Waals surface area (Å²) >= 11 is 12.0. The summed E-state index contributed by atoms with van der Waals surface area (Å²) in [5.74, 6) is 1.63. The van der Waals surface area contributed by atoms with Gasteiger partial charge in [0.15, 0.2) is 23.2 Å². The molecule has 1 N–H and O–H groups in total. The highest BCUT2D eigenvalue weighted by Crippen LogP contribution is 2.34. The molecule has 33 heavy (non-hydrogen) atoms. The zero-order valence-corrected chi connectivity index (χ0v) is 19.5. The lowest BCUT2D eigenvalue weighted by atomic mass is 10.2. The van der Waals surface area contributed by atoms with Crippen LogP contribution >= 0.6 is 23.2 Å². The largest absolute Gasteiger partial charge is 0.493 e. The number of hydrogen-bond acceptors (Lipinski definition) is 6. The van der Waals surface area contributed by atoms with Crippen LogP contribution in [0.15, 0.2) is 59.0 Å². The van der Waals surface area contributed by atoms with Crippen LogP contribution in [-0.4, -0.2) is 31.2 Å². The summed E-state index contributed by atoms with van der Waals surface area (Å²) in [4.78, 5) is 17.2. The number of benzene rings is 3. The Balaban J connectivity index is 1.51. The molecule has 0 saturated heterocycles. The summed E-state index contributed by atoms with van der Waals surface area (Å²) in [6.07, 6.45) is -0.793. The summed E-state index contributed by atoms with van der Waals surface area (Å²) < 4.78 is 22.1. The molecule has 0 bridgehead atoms. The summed E-state index contributed by atoms with van der Waals surface area (Å²) in [6, 6.07) is 15.4. The van der Waals surface area contributed by atoms with E-state index in [1.54, 1.807) is 69.7 Å². The molecule has 0 saturated carbocycles. The number of fused-ring (bicyclic) bond motifs is 1. The van der Waals surface area contributed by atoms with E-state index in [9.17, 15) is 4.79 Å². The Bertz CT molecular complexity index is 1320. The van der Waals surface area contributed by atoms with Gasteiger partial charge in [0.1, 0.15) is 11.3 Å². The monoisotopic (exact) mass is 486 g/mol. The molecule has 4 rings (SSSR count). The number of nitrogens with zero attached hydrogens (tertiary/aromatic N) is 1. The molecule has 1 heterocycles. The molecule has 0 aliphatic carbocycles. The molecule has 3 aromatic carbocycles. The van der Waals surface area contributed by atoms with Crippen LogP contribution in [0.5, 0.6) is 17.2 Å². The van der Waals surface area contributed by atoms with E-state index in [1.807, 2.05) is 6.07 Å². The quantitative estimate of drug-likeness (QED) is 0.333. The third-order valence-corrected chi connectivity index (χ3v) is 5.38. The van der Waals surface area contributed by atoms with Crippen molar-refractivity contribution in [3.05, 3.63) is 64.6 Å². The van der Waals surface area contributed by atoms with Crippen LogP contribution < -0.4 is 19.5 Å². The lowest BCUT2D eigenvalue weighted by Crippen LogP contribution is -2.30. The molecule has 0 aliphatic rings. The number of ether oxygens (including phenoxy) is 3. The van der Waals surface area contributed by atoms with E-state index < -0.39 is 6.10 Å².